The maximum atomic E-state index is 12.3. The Morgan fingerprint density at radius 1 is 1.04 bits per heavy atom. The highest BCUT2D eigenvalue weighted by Gasteiger charge is 2.11. The Kier molecular flexibility index (Phi) is 5.64. The van der Waals surface area contributed by atoms with Crippen molar-refractivity contribution >= 4 is 12.1 Å². The maximum Gasteiger partial charge on any atom is 0.271 e. The molecule has 1 amide bonds. The second kappa shape index (κ2) is 8.13. The van der Waals surface area contributed by atoms with Crippen LogP contribution in [0.2, 0.25) is 0 Å². The van der Waals surface area contributed by atoms with E-state index in [9.17, 15) is 4.79 Å². The van der Waals surface area contributed by atoms with Gasteiger partial charge < -0.3 is 9.30 Å². The number of hydrogen-bond donors (Lipinski definition) is 1. The fourth-order valence-electron chi connectivity index (χ4n) is 3.38. The third-order valence-corrected chi connectivity index (χ3v) is 4.64. The molecule has 28 heavy (non-hydrogen) atoms. The van der Waals surface area contributed by atoms with Crippen LogP contribution in [0.1, 0.15) is 38.4 Å². The number of rotatable bonds is 5. The summed E-state index contributed by atoms with van der Waals surface area (Å²) in [5.41, 5.74) is 9.80. The first-order valence-corrected chi connectivity index (χ1v) is 9.14. The van der Waals surface area contributed by atoms with Crippen molar-refractivity contribution in [1.29, 1.82) is 0 Å². The van der Waals surface area contributed by atoms with Crippen LogP contribution in [0.5, 0.6) is 5.75 Å². The quantitative estimate of drug-likeness (QED) is 0.528. The molecule has 5 heteroatoms. The van der Waals surface area contributed by atoms with Crippen molar-refractivity contribution in [3.05, 3.63) is 82.2 Å². The standard InChI is InChI=1S/C23H25N3O2/c1-15-9-16(2)11-21(10-15)26-17(3)12-20(18(26)4)14-24-25-23(27)19-7-6-8-22(13-19)28-5/h6-14H,1-5H3,(H,25,27)/b24-14-. The summed E-state index contributed by atoms with van der Waals surface area (Å²) in [4.78, 5) is 12.3. The molecule has 0 aliphatic carbocycles. The van der Waals surface area contributed by atoms with Gasteiger partial charge in [-0.25, -0.2) is 5.43 Å². The summed E-state index contributed by atoms with van der Waals surface area (Å²) in [6.07, 6.45) is 1.68. The monoisotopic (exact) mass is 375 g/mol. The average Bonchev–Trinajstić information content (AvgIpc) is 2.94. The number of nitrogens with zero attached hydrogens (tertiary/aromatic N) is 2. The molecule has 1 heterocycles. The number of ether oxygens (including phenoxy) is 1. The van der Waals surface area contributed by atoms with Crippen molar-refractivity contribution < 1.29 is 9.53 Å². The second-order valence-corrected chi connectivity index (χ2v) is 6.94. The lowest BCUT2D eigenvalue weighted by Gasteiger charge is -2.11. The SMILES string of the molecule is COc1cccc(C(=O)N/N=C\c2cc(C)n(-c3cc(C)cc(C)c3)c2C)c1. The molecule has 0 spiro atoms. The predicted molar refractivity (Wildman–Crippen MR) is 113 cm³/mol. The number of methoxy groups -OCH3 is 1. The van der Waals surface area contributed by atoms with Gasteiger partial charge in [0, 0.05) is 28.2 Å². The molecule has 2 aromatic carbocycles. The molecule has 144 valence electrons. The van der Waals surface area contributed by atoms with E-state index < -0.39 is 0 Å². The minimum absolute atomic E-state index is 0.279. The number of hydrazone groups is 1. The first-order chi connectivity index (χ1) is 13.4. The van der Waals surface area contributed by atoms with Crippen LogP contribution >= 0.6 is 0 Å². The summed E-state index contributed by atoms with van der Waals surface area (Å²) in [6, 6.07) is 15.5. The predicted octanol–water partition coefficient (Wildman–Crippen LogP) is 4.48. The summed E-state index contributed by atoms with van der Waals surface area (Å²) in [7, 11) is 1.57. The van der Waals surface area contributed by atoms with Crippen LogP contribution in [0.3, 0.4) is 0 Å². The molecule has 0 saturated heterocycles. The number of aryl methyl sites for hydroxylation is 3. The average molecular weight is 375 g/mol. The van der Waals surface area contributed by atoms with Crippen molar-refractivity contribution in [2.45, 2.75) is 27.7 Å². The Hall–Kier alpha value is -3.34. The van der Waals surface area contributed by atoms with Gasteiger partial charge in [0.05, 0.1) is 13.3 Å². The van der Waals surface area contributed by atoms with Crippen molar-refractivity contribution in [2.75, 3.05) is 7.11 Å². The van der Waals surface area contributed by atoms with Gasteiger partial charge in [0.15, 0.2) is 0 Å². The van der Waals surface area contributed by atoms with Gasteiger partial charge in [-0.3, -0.25) is 4.79 Å². The minimum Gasteiger partial charge on any atom is -0.497 e. The van der Waals surface area contributed by atoms with E-state index in [2.05, 4.69) is 67.1 Å². The molecule has 0 radical (unpaired) electrons. The fourth-order valence-corrected chi connectivity index (χ4v) is 3.38. The Morgan fingerprint density at radius 3 is 2.43 bits per heavy atom. The number of amides is 1. The van der Waals surface area contributed by atoms with Crippen molar-refractivity contribution in [3.8, 4) is 11.4 Å². The van der Waals surface area contributed by atoms with E-state index in [1.165, 1.54) is 11.1 Å². The molecule has 0 atom stereocenters. The largest absolute Gasteiger partial charge is 0.497 e. The minimum atomic E-state index is -0.279. The van der Waals surface area contributed by atoms with Crippen molar-refractivity contribution in [1.82, 2.24) is 9.99 Å². The van der Waals surface area contributed by atoms with Gasteiger partial charge in [0.2, 0.25) is 0 Å². The number of aromatic nitrogens is 1. The lowest BCUT2D eigenvalue weighted by atomic mass is 10.1. The molecular formula is C23H25N3O2. The molecule has 3 aromatic rings. The number of carbonyl (C=O) groups is 1. The first-order valence-electron chi connectivity index (χ1n) is 9.14. The molecule has 0 aliphatic rings. The number of carbonyl (C=O) groups excluding carboxylic acids is 1. The summed E-state index contributed by atoms with van der Waals surface area (Å²) in [5, 5.41) is 4.14. The van der Waals surface area contributed by atoms with E-state index in [0.717, 1.165) is 22.6 Å². The Labute approximate surface area is 165 Å². The zero-order valence-electron chi connectivity index (χ0n) is 16.9. The second-order valence-electron chi connectivity index (χ2n) is 6.94. The molecule has 0 bridgehead atoms. The Morgan fingerprint density at radius 2 is 1.75 bits per heavy atom. The van der Waals surface area contributed by atoms with Crippen LogP contribution in [0.25, 0.3) is 5.69 Å². The van der Waals surface area contributed by atoms with Gasteiger partial charge in [-0.05, 0) is 75.2 Å². The first kappa shape index (κ1) is 19.4. The summed E-state index contributed by atoms with van der Waals surface area (Å²) in [5.74, 6) is 0.354. The van der Waals surface area contributed by atoms with E-state index in [1.807, 2.05) is 0 Å². The number of nitrogens with one attached hydrogen (secondary N) is 1. The molecular weight excluding hydrogens is 350 g/mol. The van der Waals surface area contributed by atoms with Crippen molar-refractivity contribution in [3.63, 3.8) is 0 Å². The lowest BCUT2D eigenvalue weighted by molar-refractivity contribution is 0.0955. The molecule has 1 N–H and O–H groups in total. The molecule has 3 rings (SSSR count). The fraction of sp³-hybridized carbons (Fsp3) is 0.217. The topological polar surface area (TPSA) is 55.6 Å². The molecule has 0 saturated carbocycles. The number of benzene rings is 2. The van der Waals surface area contributed by atoms with Gasteiger partial charge >= 0.3 is 0 Å². The van der Waals surface area contributed by atoms with Crippen LogP contribution in [-0.2, 0) is 0 Å². The van der Waals surface area contributed by atoms with E-state index in [-0.39, 0.29) is 5.91 Å². The maximum absolute atomic E-state index is 12.3. The summed E-state index contributed by atoms with van der Waals surface area (Å²) >= 11 is 0. The third kappa shape index (κ3) is 4.14. The highest BCUT2D eigenvalue weighted by molar-refractivity contribution is 5.95. The molecule has 0 aliphatic heterocycles. The van der Waals surface area contributed by atoms with Gasteiger partial charge in [0.1, 0.15) is 5.75 Å². The lowest BCUT2D eigenvalue weighted by Crippen LogP contribution is -2.17. The zero-order chi connectivity index (χ0) is 20.3. The molecule has 0 unspecified atom stereocenters. The van der Waals surface area contributed by atoms with E-state index in [1.54, 1.807) is 37.6 Å². The smallest absolute Gasteiger partial charge is 0.271 e. The van der Waals surface area contributed by atoms with Gasteiger partial charge in [-0.1, -0.05) is 12.1 Å². The highest BCUT2D eigenvalue weighted by Crippen LogP contribution is 2.22. The van der Waals surface area contributed by atoms with Gasteiger partial charge in [-0.2, -0.15) is 5.10 Å². The summed E-state index contributed by atoms with van der Waals surface area (Å²) in [6.45, 7) is 8.31. The van der Waals surface area contributed by atoms with E-state index in [0.29, 0.717) is 11.3 Å². The van der Waals surface area contributed by atoms with Gasteiger partial charge in [0.25, 0.3) is 5.91 Å². The van der Waals surface area contributed by atoms with E-state index >= 15 is 0 Å². The zero-order valence-corrected chi connectivity index (χ0v) is 16.9. The normalized spacial score (nSPS) is 11.0. The summed E-state index contributed by atoms with van der Waals surface area (Å²) < 4.78 is 7.35. The molecule has 0 fully saturated rings. The Bertz CT molecular complexity index is 1030. The van der Waals surface area contributed by atoms with Crippen LogP contribution in [0.15, 0.2) is 53.6 Å². The van der Waals surface area contributed by atoms with Crippen LogP contribution in [0, 0.1) is 27.7 Å². The highest BCUT2D eigenvalue weighted by atomic mass is 16.5. The Balaban J connectivity index is 1.80. The van der Waals surface area contributed by atoms with Crippen LogP contribution in [-0.4, -0.2) is 23.8 Å². The van der Waals surface area contributed by atoms with Gasteiger partial charge in [-0.15, -0.1) is 0 Å². The van der Waals surface area contributed by atoms with Crippen LogP contribution in [0.4, 0.5) is 0 Å². The van der Waals surface area contributed by atoms with E-state index in [4.69, 9.17) is 4.74 Å². The number of hydrogen-bond acceptors (Lipinski definition) is 3. The third-order valence-electron chi connectivity index (χ3n) is 4.64. The van der Waals surface area contributed by atoms with Crippen LogP contribution < -0.4 is 10.2 Å². The van der Waals surface area contributed by atoms with Crippen molar-refractivity contribution in [2.24, 2.45) is 5.10 Å². The molecule has 1 aromatic heterocycles. The molecule has 5 nitrogen and oxygen atoms in total.